The number of nitrogens with two attached hydrogens (primary N) is 1. The smallest absolute Gasteiger partial charge is 0.146 e. The van der Waals surface area contributed by atoms with Crippen LogP contribution in [0.4, 0.5) is 10.1 Å². The molecule has 1 saturated heterocycles. The van der Waals surface area contributed by atoms with Gasteiger partial charge in [-0.1, -0.05) is 12.2 Å². The van der Waals surface area contributed by atoms with E-state index in [1.807, 2.05) is 11.8 Å². The lowest BCUT2D eigenvalue weighted by atomic mass is 10.1. The maximum atomic E-state index is 13.8. The van der Waals surface area contributed by atoms with Gasteiger partial charge < -0.3 is 11.1 Å². The highest BCUT2D eigenvalue weighted by molar-refractivity contribution is 7.99. The summed E-state index contributed by atoms with van der Waals surface area (Å²) in [6.45, 7) is 0. The predicted octanol–water partition coefficient (Wildman–Crippen LogP) is 2.77. The number of benzene rings is 1. The molecule has 92 valence electrons. The van der Waals surface area contributed by atoms with Crippen LogP contribution >= 0.6 is 24.0 Å². The van der Waals surface area contributed by atoms with E-state index in [1.165, 1.54) is 6.07 Å². The minimum absolute atomic E-state index is 0.226. The molecule has 0 atom stereocenters. The predicted molar refractivity (Wildman–Crippen MR) is 76.3 cm³/mol. The van der Waals surface area contributed by atoms with Gasteiger partial charge in [-0.25, -0.2) is 4.39 Å². The fourth-order valence-electron chi connectivity index (χ4n) is 1.85. The Bertz CT molecular complexity index is 417. The van der Waals surface area contributed by atoms with E-state index in [0.717, 1.165) is 24.3 Å². The van der Waals surface area contributed by atoms with Crippen LogP contribution in [0.1, 0.15) is 18.4 Å². The normalized spacial score (nSPS) is 16.8. The molecule has 1 aliphatic rings. The second-order valence-corrected chi connectivity index (χ2v) is 5.75. The van der Waals surface area contributed by atoms with Crippen molar-refractivity contribution in [2.75, 3.05) is 16.8 Å². The molecule has 0 saturated carbocycles. The number of anilines is 1. The molecule has 0 bridgehead atoms. The second kappa shape index (κ2) is 5.69. The fraction of sp³-hybridized carbons (Fsp3) is 0.417. The van der Waals surface area contributed by atoms with Gasteiger partial charge in [-0.3, -0.25) is 0 Å². The monoisotopic (exact) mass is 270 g/mol. The minimum atomic E-state index is -0.284. The van der Waals surface area contributed by atoms with E-state index in [1.54, 1.807) is 12.1 Å². The zero-order valence-electron chi connectivity index (χ0n) is 9.41. The van der Waals surface area contributed by atoms with Crippen LogP contribution in [0.15, 0.2) is 18.2 Å². The summed E-state index contributed by atoms with van der Waals surface area (Å²) in [7, 11) is 0. The van der Waals surface area contributed by atoms with Crippen LogP contribution < -0.4 is 11.1 Å². The van der Waals surface area contributed by atoms with Crippen molar-refractivity contribution >= 4 is 34.7 Å². The molecule has 1 aromatic rings. The third-order valence-corrected chi connectivity index (χ3v) is 4.12. The number of halogens is 1. The van der Waals surface area contributed by atoms with E-state index in [-0.39, 0.29) is 10.8 Å². The topological polar surface area (TPSA) is 38.0 Å². The maximum Gasteiger partial charge on any atom is 0.146 e. The van der Waals surface area contributed by atoms with Crippen LogP contribution in [0.25, 0.3) is 0 Å². The van der Waals surface area contributed by atoms with E-state index >= 15 is 0 Å². The molecule has 0 aliphatic carbocycles. The van der Waals surface area contributed by atoms with Crippen molar-refractivity contribution in [3.8, 4) is 0 Å². The van der Waals surface area contributed by atoms with Crippen LogP contribution in [0.5, 0.6) is 0 Å². The maximum absolute atomic E-state index is 13.8. The number of nitrogens with one attached hydrogen (secondary N) is 1. The van der Waals surface area contributed by atoms with Crippen molar-refractivity contribution in [2.24, 2.45) is 5.73 Å². The van der Waals surface area contributed by atoms with Gasteiger partial charge in [0.2, 0.25) is 0 Å². The van der Waals surface area contributed by atoms with Crippen LogP contribution in [0.3, 0.4) is 0 Å². The number of rotatable bonds is 3. The Balaban J connectivity index is 2.08. The Labute approximate surface area is 110 Å². The van der Waals surface area contributed by atoms with E-state index < -0.39 is 0 Å². The summed E-state index contributed by atoms with van der Waals surface area (Å²) in [6, 6.07) is 5.24. The molecule has 1 fully saturated rings. The third kappa shape index (κ3) is 3.33. The van der Waals surface area contributed by atoms with E-state index in [2.05, 4.69) is 5.32 Å². The largest absolute Gasteiger partial charge is 0.389 e. The molecule has 1 aromatic carbocycles. The van der Waals surface area contributed by atoms with Crippen LogP contribution in [0, 0.1) is 5.82 Å². The highest BCUT2D eigenvalue weighted by Crippen LogP contribution is 2.23. The van der Waals surface area contributed by atoms with Gasteiger partial charge in [0.25, 0.3) is 0 Å². The number of hydrogen-bond donors (Lipinski definition) is 2. The first-order chi connectivity index (χ1) is 8.16. The summed E-state index contributed by atoms with van der Waals surface area (Å²) in [5.74, 6) is 2.00. The summed E-state index contributed by atoms with van der Waals surface area (Å²) in [6.07, 6.45) is 2.17. The molecule has 0 spiro atoms. The van der Waals surface area contributed by atoms with Crippen molar-refractivity contribution in [1.82, 2.24) is 0 Å². The van der Waals surface area contributed by atoms with Gasteiger partial charge in [0.1, 0.15) is 10.8 Å². The van der Waals surface area contributed by atoms with Gasteiger partial charge in [-0.05, 0) is 42.5 Å². The Morgan fingerprint density at radius 3 is 2.71 bits per heavy atom. The van der Waals surface area contributed by atoms with E-state index in [4.69, 9.17) is 18.0 Å². The van der Waals surface area contributed by atoms with E-state index in [0.29, 0.717) is 17.3 Å². The van der Waals surface area contributed by atoms with Crippen molar-refractivity contribution in [1.29, 1.82) is 0 Å². The zero-order chi connectivity index (χ0) is 12.3. The first-order valence-corrected chi connectivity index (χ1v) is 7.17. The quantitative estimate of drug-likeness (QED) is 0.828. The molecule has 0 radical (unpaired) electrons. The first-order valence-electron chi connectivity index (χ1n) is 5.60. The van der Waals surface area contributed by atoms with Gasteiger partial charge in [-0.15, -0.1) is 0 Å². The number of hydrogen-bond acceptors (Lipinski definition) is 3. The average Bonchev–Trinajstić information content (AvgIpc) is 2.33. The van der Waals surface area contributed by atoms with Gasteiger partial charge in [-0.2, -0.15) is 11.8 Å². The third-order valence-electron chi connectivity index (χ3n) is 2.83. The highest BCUT2D eigenvalue weighted by atomic mass is 32.2. The molecule has 2 nitrogen and oxygen atoms in total. The summed E-state index contributed by atoms with van der Waals surface area (Å²) in [5, 5.41) is 3.24. The molecule has 17 heavy (non-hydrogen) atoms. The minimum Gasteiger partial charge on any atom is -0.389 e. The van der Waals surface area contributed by atoms with Crippen molar-refractivity contribution in [3.05, 3.63) is 29.6 Å². The summed E-state index contributed by atoms with van der Waals surface area (Å²) in [4.78, 5) is 0.226. The molecule has 5 heteroatoms. The Morgan fingerprint density at radius 1 is 1.41 bits per heavy atom. The number of thiocarbonyl (C=S) groups is 1. The second-order valence-electron chi connectivity index (χ2n) is 4.09. The van der Waals surface area contributed by atoms with Crippen LogP contribution in [-0.4, -0.2) is 22.5 Å². The SMILES string of the molecule is NC(=S)c1ccc(NC2CCSCC2)c(F)c1. The van der Waals surface area contributed by atoms with Crippen molar-refractivity contribution in [2.45, 2.75) is 18.9 Å². The summed E-state index contributed by atoms with van der Waals surface area (Å²) in [5.41, 5.74) is 6.57. The van der Waals surface area contributed by atoms with Crippen LogP contribution in [-0.2, 0) is 0 Å². The van der Waals surface area contributed by atoms with Gasteiger partial charge in [0.05, 0.1) is 5.69 Å². The van der Waals surface area contributed by atoms with Crippen LogP contribution in [0.2, 0.25) is 0 Å². The molecular formula is C12H15FN2S2. The molecule has 1 aliphatic heterocycles. The van der Waals surface area contributed by atoms with Crippen molar-refractivity contribution < 1.29 is 4.39 Å². The highest BCUT2D eigenvalue weighted by Gasteiger charge is 2.15. The molecule has 1 heterocycles. The summed E-state index contributed by atoms with van der Waals surface area (Å²) >= 11 is 6.77. The van der Waals surface area contributed by atoms with Gasteiger partial charge in [0.15, 0.2) is 0 Å². The lowest BCUT2D eigenvalue weighted by Gasteiger charge is -2.23. The zero-order valence-corrected chi connectivity index (χ0v) is 11.0. The summed E-state index contributed by atoms with van der Waals surface area (Å²) < 4.78 is 13.8. The first kappa shape index (κ1) is 12.6. The molecule has 0 unspecified atom stereocenters. The Morgan fingerprint density at radius 2 is 2.12 bits per heavy atom. The van der Waals surface area contributed by atoms with Crippen molar-refractivity contribution in [3.63, 3.8) is 0 Å². The average molecular weight is 270 g/mol. The molecular weight excluding hydrogens is 255 g/mol. The fourth-order valence-corrected chi connectivity index (χ4v) is 3.08. The molecule has 0 aromatic heterocycles. The Hall–Kier alpha value is -0.810. The Kier molecular flexibility index (Phi) is 4.23. The lowest BCUT2D eigenvalue weighted by Crippen LogP contribution is -2.25. The van der Waals surface area contributed by atoms with Gasteiger partial charge >= 0.3 is 0 Å². The van der Waals surface area contributed by atoms with E-state index in [9.17, 15) is 4.39 Å². The lowest BCUT2D eigenvalue weighted by molar-refractivity contribution is 0.614. The molecule has 0 amide bonds. The number of thioether (sulfide) groups is 1. The van der Waals surface area contributed by atoms with Gasteiger partial charge in [0, 0.05) is 11.6 Å². The molecule has 3 N–H and O–H groups in total. The molecule has 2 rings (SSSR count). The standard InChI is InChI=1S/C12H15FN2S2/c13-10-7-8(12(14)16)1-2-11(10)15-9-3-5-17-6-4-9/h1-2,7,9,15H,3-6H2,(H2,14,16).